The van der Waals surface area contributed by atoms with Gasteiger partial charge >= 0.3 is 0 Å². The molecule has 0 bridgehead atoms. The lowest BCUT2D eigenvalue weighted by Gasteiger charge is -2.37. The van der Waals surface area contributed by atoms with Crippen molar-refractivity contribution in [3.63, 3.8) is 0 Å². The Bertz CT molecular complexity index is 715. The molecule has 1 fully saturated rings. The first-order chi connectivity index (χ1) is 12.0. The van der Waals surface area contributed by atoms with E-state index in [9.17, 15) is 4.79 Å². The minimum atomic E-state index is -0.108. The number of carbonyl (C=O) groups excluding carboxylic acids is 1. The van der Waals surface area contributed by atoms with Crippen LogP contribution in [0.5, 0.6) is 5.75 Å². The topological polar surface area (TPSA) is 38.8 Å². The summed E-state index contributed by atoms with van der Waals surface area (Å²) < 4.78 is 11.6. The summed E-state index contributed by atoms with van der Waals surface area (Å²) in [4.78, 5) is 14.3. The van der Waals surface area contributed by atoms with E-state index in [1.165, 1.54) is 5.56 Å². The average molecular weight is 360 g/mol. The van der Waals surface area contributed by atoms with Gasteiger partial charge in [-0.2, -0.15) is 0 Å². The van der Waals surface area contributed by atoms with E-state index in [0.29, 0.717) is 23.9 Å². The fraction of sp³-hybridized carbons (Fsp3) is 0.350. The van der Waals surface area contributed by atoms with Gasteiger partial charge in [-0.3, -0.25) is 4.79 Å². The van der Waals surface area contributed by atoms with Crippen LogP contribution in [0.25, 0.3) is 0 Å². The summed E-state index contributed by atoms with van der Waals surface area (Å²) in [7, 11) is 0. The van der Waals surface area contributed by atoms with E-state index >= 15 is 0 Å². The predicted molar refractivity (Wildman–Crippen MR) is 98.0 cm³/mol. The van der Waals surface area contributed by atoms with E-state index in [-0.39, 0.29) is 24.7 Å². The summed E-state index contributed by atoms with van der Waals surface area (Å²) in [5.41, 5.74) is 2.30. The maximum absolute atomic E-state index is 12.5. The number of nitrogens with zero attached hydrogens (tertiary/aromatic N) is 1. The first kappa shape index (κ1) is 17.8. The number of morpholine rings is 1. The number of ether oxygens (including phenoxy) is 2. The molecule has 1 amide bonds. The van der Waals surface area contributed by atoms with Crippen molar-refractivity contribution in [2.45, 2.75) is 26.1 Å². The zero-order valence-corrected chi connectivity index (χ0v) is 15.2. The molecule has 0 aliphatic carbocycles. The molecule has 2 aromatic carbocycles. The molecule has 132 valence electrons. The SMILES string of the molecule is Cc1ccc(C2CN(C(=O)COc3ccc(Cl)cc3)CC(C)O2)cc1. The van der Waals surface area contributed by atoms with Crippen LogP contribution in [-0.2, 0) is 9.53 Å². The first-order valence-corrected chi connectivity index (χ1v) is 8.77. The molecular weight excluding hydrogens is 338 g/mol. The van der Waals surface area contributed by atoms with Crippen molar-refractivity contribution < 1.29 is 14.3 Å². The number of hydrogen-bond donors (Lipinski definition) is 0. The van der Waals surface area contributed by atoms with Gasteiger partial charge < -0.3 is 14.4 Å². The van der Waals surface area contributed by atoms with Crippen LogP contribution in [0.1, 0.15) is 24.2 Å². The summed E-state index contributed by atoms with van der Waals surface area (Å²) in [5, 5.41) is 0.640. The van der Waals surface area contributed by atoms with Crippen LogP contribution in [0.15, 0.2) is 48.5 Å². The number of benzene rings is 2. The second kappa shape index (κ2) is 7.89. The zero-order chi connectivity index (χ0) is 17.8. The van der Waals surface area contributed by atoms with Crippen molar-refractivity contribution >= 4 is 17.5 Å². The maximum Gasteiger partial charge on any atom is 0.260 e. The molecule has 25 heavy (non-hydrogen) atoms. The van der Waals surface area contributed by atoms with Crippen molar-refractivity contribution in [3.8, 4) is 5.75 Å². The van der Waals surface area contributed by atoms with Gasteiger partial charge in [0.05, 0.1) is 12.6 Å². The van der Waals surface area contributed by atoms with Crippen molar-refractivity contribution in [2.24, 2.45) is 0 Å². The van der Waals surface area contributed by atoms with E-state index < -0.39 is 0 Å². The number of hydrogen-bond acceptors (Lipinski definition) is 3. The Morgan fingerprint density at radius 1 is 1.16 bits per heavy atom. The van der Waals surface area contributed by atoms with Crippen molar-refractivity contribution in [1.82, 2.24) is 4.90 Å². The highest BCUT2D eigenvalue weighted by molar-refractivity contribution is 6.30. The third-order valence-electron chi connectivity index (χ3n) is 4.24. The average Bonchev–Trinajstić information content (AvgIpc) is 2.61. The lowest BCUT2D eigenvalue weighted by molar-refractivity contribution is -0.146. The van der Waals surface area contributed by atoms with Crippen LogP contribution in [0.4, 0.5) is 0 Å². The van der Waals surface area contributed by atoms with Crippen LogP contribution < -0.4 is 4.74 Å². The number of rotatable bonds is 4. The largest absolute Gasteiger partial charge is 0.484 e. The quantitative estimate of drug-likeness (QED) is 0.827. The Morgan fingerprint density at radius 2 is 1.84 bits per heavy atom. The van der Waals surface area contributed by atoms with Crippen LogP contribution in [0, 0.1) is 6.92 Å². The van der Waals surface area contributed by atoms with Gasteiger partial charge in [0.25, 0.3) is 5.91 Å². The fourth-order valence-electron chi connectivity index (χ4n) is 2.89. The molecule has 5 heteroatoms. The van der Waals surface area contributed by atoms with Gasteiger partial charge in [-0.25, -0.2) is 0 Å². The van der Waals surface area contributed by atoms with Gasteiger partial charge in [-0.15, -0.1) is 0 Å². The lowest BCUT2D eigenvalue weighted by atomic mass is 10.0. The van der Waals surface area contributed by atoms with Gasteiger partial charge in [-0.1, -0.05) is 41.4 Å². The third kappa shape index (κ3) is 4.74. The van der Waals surface area contributed by atoms with Crippen LogP contribution in [0.2, 0.25) is 5.02 Å². The molecule has 2 aromatic rings. The minimum Gasteiger partial charge on any atom is -0.484 e. The molecule has 2 atom stereocenters. The molecule has 1 aliphatic rings. The van der Waals surface area contributed by atoms with E-state index in [4.69, 9.17) is 21.1 Å². The second-order valence-electron chi connectivity index (χ2n) is 6.39. The maximum atomic E-state index is 12.5. The highest BCUT2D eigenvalue weighted by Crippen LogP contribution is 2.25. The molecule has 0 spiro atoms. The van der Waals surface area contributed by atoms with Crippen molar-refractivity contribution in [2.75, 3.05) is 19.7 Å². The Kier molecular flexibility index (Phi) is 5.61. The van der Waals surface area contributed by atoms with E-state index in [2.05, 4.69) is 31.2 Å². The molecule has 1 saturated heterocycles. The third-order valence-corrected chi connectivity index (χ3v) is 4.49. The van der Waals surface area contributed by atoms with Crippen LogP contribution >= 0.6 is 11.6 Å². The normalized spacial score (nSPS) is 20.4. The Labute approximate surface area is 153 Å². The summed E-state index contributed by atoms with van der Waals surface area (Å²) >= 11 is 5.85. The van der Waals surface area contributed by atoms with Gasteiger partial charge in [0.1, 0.15) is 11.9 Å². The highest BCUT2D eigenvalue weighted by atomic mass is 35.5. The summed E-state index contributed by atoms with van der Waals surface area (Å²) in [6.07, 6.45) is -0.122. The fourth-order valence-corrected chi connectivity index (χ4v) is 3.01. The number of amides is 1. The first-order valence-electron chi connectivity index (χ1n) is 8.39. The van der Waals surface area contributed by atoms with E-state index in [1.54, 1.807) is 24.3 Å². The number of carbonyl (C=O) groups is 1. The Balaban J connectivity index is 1.61. The summed E-state index contributed by atoms with van der Waals surface area (Å²) in [5.74, 6) is 0.594. The Hall–Kier alpha value is -2.04. The predicted octanol–water partition coefficient (Wildman–Crippen LogP) is 4.02. The number of aryl methyl sites for hydroxylation is 1. The smallest absolute Gasteiger partial charge is 0.260 e. The van der Waals surface area contributed by atoms with Crippen LogP contribution in [0.3, 0.4) is 0 Å². The molecule has 0 saturated carbocycles. The van der Waals surface area contributed by atoms with E-state index in [1.807, 2.05) is 11.8 Å². The molecule has 0 N–H and O–H groups in total. The highest BCUT2D eigenvalue weighted by Gasteiger charge is 2.29. The standard InChI is InChI=1S/C20H22ClNO3/c1-14-3-5-16(6-4-14)19-12-22(11-15(2)25-19)20(23)13-24-18-9-7-17(21)8-10-18/h3-10,15,19H,11-13H2,1-2H3. The molecule has 3 rings (SSSR count). The van der Waals surface area contributed by atoms with Gasteiger partial charge in [0.2, 0.25) is 0 Å². The van der Waals surface area contributed by atoms with Crippen LogP contribution in [-0.4, -0.2) is 36.6 Å². The van der Waals surface area contributed by atoms with E-state index in [0.717, 1.165) is 5.56 Å². The molecule has 0 aromatic heterocycles. The molecule has 0 radical (unpaired) electrons. The summed E-state index contributed by atoms with van der Waals surface area (Å²) in [6.45, 7) is 5.16. The van der Waals surface area contributed by atoms with Gasteiger partial charge in [0, 0.05) is 11.6 Å². The van der Waals surface area contributed by atoms with Gasteiger partial charge in [0.15, 0.2) is 6.61 Å². The Morgan fingerprint density at radius 3 is 2.52 bits per heavy atom. The lowest BCUT2D eigenvalue weighted by Crippen LogP contribution is -2.47. The zero-order valence-electron chi connectivity index (χ0n) is 14.4. The molecule has 1 heterocycles. The van der Waals surface area contributed by atoms with Crippen molar-refractivity contribution in [3.05, 3.63) is 64.7 Å². The molecule has 4 nitrogen and oxygen atoms in total. The number of halogens is 1. The van der Waals surface area contributed by atoms with Gasteiger partial charge in [-0.05, 0) is 43.7 Å². The molecule has 1 aliphatic heterocycles. The molecular formula is C20H22ClNO3. The second-order valence-corrected chi connectivity index (χ2v) is 6.82. The monoisotopic (exact) mass is 359 g/mol. The minimum absolute atomic E-state index is 0.00890. The molecule has 2 unspecified atom stereocenters. The van der Waals surface area contributed by atoms with Crippen molar-refractivity contribution in [1.29, 1.82) is 0 Å². The summed E-state index contributed by atoms with van der Waals surface area (Å²) in [6, 6.07) is 15.2.